The molecule has 0 heterocycles. The summed E-state index contributed by atoms with van der Waals surface area (Å²) in [6.45, 7) is 3.34. The molecule has 4 nitrogen and oxygen atoms in total. The van der Waals surface area contributed by atoms with Gasteiger partial charge >= 0.3 is 0 Å². The minimum atomic E-state index is -0.317. The van der Waals surface area contributed by atoms with Gasteiger partial charge in [0.25, 0.3) is 0 Å². The Kier molecular flexibility index (Phi) is 9.71. The number of nitriles is 1. The third-order valence-corrected chi connectivity index (χ3v) is 3.03. The highest BCUT2D eigenvalue weighted by Gasteiger charge is 2.08. The molecule has 1 rings (SSSR count). The molecule has 1 aromatic rings. The molecule has 0 amide bonds. The van der Waals surface area contributed by atoms with Crippen molar-refractivity contribution < 1.29 is 4.39 Å². The molecule has 6 heteroatoms. The highest BCUT2D eigenvalue weighted by atomic mass is 127. The summed E-state index contributed by atoms with van der Waals surface area (Å²) in [5.74, 6) is 0.406. The number of nitrogens with one attached hydrogen (secondary N) is 1. The Labute approximate surface area is 143 Å². The zero-order chi connectivity index (χ0) is 15.0. The summed E-state index contributed by atoms with van der Waals surface area (Å²) < 4.78 is 13.7. The minimum absolute atomic E-state index is 0. The molecule has 0 atom stereocenters. The number of rotatable bonds is 5. The standard InChI is InChI=1S/C15H21FN4.HI/c1-4-5-8-20(3)15(18-2)19-11-13-9-12(10-17)6-7-14(13)16;/h6-7,9H,4-5,8,11H2,1-3H3,(H,18,19);1H. The summed E-state index contributed by atoms with van der Waals surface area (Å²) >= 11 is 0. The Morgan fingerprint density at radius 1 is 1.48 bits per heavy atom. The largest absolute Gasteiger partial charge is 0.352 e. The monoisotopic (exact) mass is 404 g/mol. The number of unbranched alkanes of at least 4 members (excludes halogenated alkanes) is 1. The first kappa shape index (κ1) is 19.6. The van der Waals surface area contributed by atoms with E-state index in [2.05, 4.69) is 17.2 Å². The van der Waals surface area contributed by atoms with Crippen LogP contribution in [0.5, 0.6) is 0 Å². The van der Waals surface area contributed by atoms with Gasteiger partial charge in [0.1, 0.15) is 5.82 Å². The molecule has 0 aliphatic rings. The molecule has 0 aromatic heterocycles. The van der Waals surface area contributed by atoms with E-state index in [-0.39, 0.29) is 29.8 Å². The number of aliphatic imine (C=N–C) groups is 1. The van der Waals surface area contributed by atoms with E-state index in [1.165, 1.54) is 12.1 Å². The highest BCUT2D eigenvalue weighted by molar-refractivity contribution is 14.0. The van der Waals surface area contributed by atoms with Crippen molar-refractivity contribution in [1.82, 2.24) is 10.2 Å². The Morgan fingerprint density at radius 2 is 2.19 bits per heavy atom. The fourth-order valence-corrected chi connectivity index (χ4v) is 1.84. The molecule has 0 saturated carbocycles. The molecule has 0 fully saturated rings. The molecule has 0 aliphatic heterocycles. The van der Waals surface area contributed by atoms with Crippen molar-refractivity contribution in [3.63, 3.8) is 0 Å². The number of benzene rings is 1. The van der Waals surface area contributed by atoms with Crippen LogP contribution in [-0.4, -0.2) is 31.5 Å². The Morgan fingerprint density at radius 3 is 2.76 bits per heavy atom. The number of nitrogens with zero attached hydrogens (tertiary/aromatic N) is 3. The van der Waals surface area contributed by atoms with Crippen molar-refractivity contribution in [1.29, 1.82) is 5.26 Å². The smallest absolute Gasteiger partial charge is 0.193 e. The first-order valence-corrected chi connectivity index (χ1v) is 6.72. The van der Waals surface area contributed by atoms with E-state index in [1.54, 1.807) is 13.1 Å². The maximum atomic E-state index is 13.7. The van der Waals surface area contributed by atoms with Crippen LogP contribution in [0.3, 0.4) is 0 Å². The van der Waals surface area contributed by atoms with E-state index in [1.807, 2.05) is 18.0 Å². The quantitative estimate of drug-likeness (QED) is 0.466. The Bertz CT molecular complexity index is 511. The molecule has 0 saturated heterocycles. The van der Waals surface area contributed by atoms with Gasteiger partial charge in [-0.1, -0.05) is 13.3 Å². The number of hydrogen-bond donors (Lipinski definition) is 1. The molecule has 21 heavy (non-hydrogen) atoms. The normalized spacial score (nSPS) is 10.5. The van der Waals surface area contributed by atoms with Gasteiger partial charge in [0.2, 0.25) is 0 Å². The van der Waals surface area contributed by atoms with Gasteiger partial charge in [-0.25, -0.2) is 4.39 Å². The van der Waals surface area contributed by atoms with E-state index in [9.17, 15) is 4.39 Å². The van der Waals surface area contributed by atoms with E-state index in [4.69, 9.17) is 5.26 Å². The van der Waals surface area contributed by atoms with Gasteiger partial charge in [-0.05, 0) is 24.6 Å². The topological polar surface area (TPSA) is 51.4 Å². The number of hydrogen-bond acceptors (Lipinski definition) is 2. The fraction of sp³-hybridized carbons (Fsp3) is 0.467. The minimum Gasteiger partial charge on any atom is -0.352 e. The molecular formula is C15H22FIN4. The van der Waals surface area contributed by atoms with E-state index < -0.39 is 0 Å². The van der Waals surface area contributed by atoms with Crippen molar-refractivity contribution in [3.05, 3.63) is 35.1 Å². The first-order valence-electron chi connectivity index (χ1n) is 6.72. The van der Waals surface area contributed by atoms with Gasteiger partial charge in [-0.2, -0.15) is 5.26 Å². The predicted molar refractivity (Wildman–Crippen MR) is 94.3 cm³/mol. The average Bonchev–Trinajstić information content (AvgIpc) is 2.47. The lowest BCUT2D eigenvalue weighted by Crippen LogP contribution is -2.39. The van der Waals surface area contributed by atoms with Crippen LogP contribution in [0, 0.1) is 17.1 Å². The molecule has 116 valence electrons. The zero-order valence-electron chi connectivity index (χ0n) is 12.7. The van der Waals surface area contributed by atoms with Crippen molar-refractivity contribution in [3.8, 4) is 6.07 Å². The van der Waals surface area contributed by atoms with Crippen LogP contribution in [-0.2, 0) is 6.54 Å². The summed E-state index contributed by atoms with van der Waals surface area (Å²) in [5, 5.41) is 12.0. The van der Waals surface area contributed by atoms with Crippen LogP contribution < -0.4 is 5.32 Å². The maximum Gasteiger partial charge on any atom is 0.193 e. The lowest BCUT2D eigenvalue weighted by Gasteiger charge is -2.22. The van der Waals surface area contributed by atoms with E-state index in [0.717, 1.165) is 25.3 Å². The van der Waals surface area contributed by atoms with E-state index in [0.29, 0.717) is 17.7 Å². The lowest BCUT2D eigenvalue weighted by atomic mass is 10.1. The second-order valence-electron chi connectivity index (χ2n) is 4.59. The van der Waals surface area contributed by atoms with Crippen LogP contribution in [0.25, 0.3) is 0 Å². The third kappa shape index (κ3) is 6.29. The summed E-state index contributed by atoms with van der Waals surface area (Å²) in [4.78, 5) is 6.18. The van der Waals surface area contributed by atoms with Gasteiger partial charge in [-0.15, -0.1) is 24.0 Å². The highest BCUT2D eigenvalue weighted by Crippen LogP contribution is 2.10. The number of halogens is 2. The van der Waals surface area contributed by atoms with Crippen LogP contribution in [0.15, 0.2) is 23.2 Å². The molecule has 1 N–H and O–H groups in total. The van der Waals surface area contributed by atoms with Crippen LogP contribution in [0.4, 0.5) is 4.39 Å². The SMILES string of the molecule is CCCCN(C)C(=NC)NCc1cc(C#N)ccc1F.I. The second kappa shape index (κ2) is 10.4. The van der Waals surface area contributed by atoms with Crippen molar-refractivity contribution >= 4 is 29.9 Å². The molecule has 0 spiro atoms. The Hall–Kier alpha value is -1.36. The van der Waals surface area contributed by atoms with Gasteiger partial charge in [0.05, 0.1) is 11.6 Å². The van der Waals surface area contributed by atoms with Crippen LogP contribution in [0.1, 0.15) is 30.9 Å². The molecule has 0 bridgehead atoms. The molecule has 0 aliphatic carbocycles. The predicted octanol–water partition coefficient (Wildman–Crippen LogP) is 3.12. The fourth-order valence-electron chi connectivity index (χ4n) is 1.84. The van der Waals surface area contributed by atoms with Gasteiger partial charge in [0.15, 0.2) is 5.96 Å². The summed E-state index contributed by atoms with van der Waals surface area (Å²) in [5.41, 5.74) is 0.923. The lowest BCUT2D eigenvalue weighted by molar-refractivity contribution is 0.463. The van der Waals surface area contributed by atoms with Crippen molar-refractivity contribution in [2.75, 3.05) is 20.6 Å². The second-order valence-corrected chi connectivity index (χ2v) is 4.59. The van der Waals surface area contributed by atoms with E-state index >= 15 is 0 Å². The molecule has 0 unspecified atom stereocenters. The van der Waals surface area contributed by atoms with Gasteiger partial charge < -0.3 is 10.2 Å². The molecule has 1 aromatic carbocycles. The molecule has 0 radical (unpaired) electrons. The Balaban J connectivity index is 0.00000400. The van der Waals surface area contributed by atoms with Crippen molar-refractivity contribution in [2.24, 2.45) is 4.99 Å². The number of guanidine groups is 1. The summed E-state index contributed by atoms with van der Waals surface area (Å²) in [7, 11) is 3.65. The third-order valence-electron chi connectivity index (χ3n) is 3.03. The summed E-state index contributed by atoms with van der Waals surface area (Å²) in [6, 6.07) is 6.36. The van der Waals surface area contributed by atoms with Crippen LogP contribution in [0.2, 0.25) is 0 Å². The average molecular weight is 404 g/mol. The maximum absolute atomic E-state index is 13.7. The summed E-state index contributed by atoms with van der Waals surface area (Å²) in [6.07, 6.45) is 2.19. The van der Waals surface area contributed by atoms with Crippen molar-refractivity contribution in [2.45, 2.75) is 26.3 Å². The van der Waals surface area contributed by atoms with Crippen LogP contribution >= 0.6 is 24.0 Å². The van der Waals surface area contributed by atoms with Gasteiger partial charge in [-0.3, -0.25) is 4.99 Å². The molecular weight excluding hydrogens is 382 g/mol. The van der Waals surface area contributed by atoms with Gasteiger partial charge in [0, 0.05) is 32.7 Å². The zero-order valence-corrected chi connectivity index (χ0v) is 15.0. The first-order chi connectivity index (χ1) is 9.62.